The molecule has 0 bridgehead atoms. The molecule has 0 saturated carbocycles. The number of carbonyl (C=O) groups is 2. The Balaban J connectivity index is 1.82. The molecule has 1 aromatic heterocycles. The first-order valence-corrected chi connectivity index (χ1v) is 11.2. The number of esters is 1. The maximum atomic E-state index is 12.9. The molecule has 0 spiro atoms. The summed E-state index contributed by atoms with van der Waals surface area (Å²) in [4.78, 5) is 27.7. The van der Waals surface area contributed by atoms with Gasteiger partial charge in [-0.25, -0.2) is 13.4 Å². The minimum Gasteiger partial charge on any atom is -0.453 e. The lowest BCUT2D eigenvalue weighted by Gasteiger charge is -2.26. The van der Waals surface area contributed by atoms with Crippen LogP contribution < -0.4 is 5.73 Å². The van der Waals surface area contributed by atoms with Gasteiger partial charge in [-0.3, -0.25) is 9.59 Å². The summed E-state index contributed by atoms with van der Waals surface area (Å²) >= 11 is 0. The molecule has 1 aliphatic heterocycles. The molecular formula is C19H26N4O6S. The van der Waals surface area contributed by atoms with E-state index in [0.29, 0.717) is 50.6 Å². The Labute approximate surface area is 175 Å². The predicted octanol–water partition coefficient (Wildman–Crippen LogP) is 0.427. The molecule has 3 rings (SSSR count). The van der Waals surface area contributed by atoms with Gasteiger partial charge in [0, 0.05) is 26.1 Å². The Bertz CT molecular complexity index is 1040. The third-order valence-corrected chi connectivity index (χ3v) is 6.88. The van der Waals surface area contributed by atoms with Crippen LogP contribution in [0.25, 0.3) is 11.0 Å². The van der Waals surface area contributed by atoms with E-state index in [9.17, 15) is 18.0 Å². The first-order valence-electron chi connectivity index (χ1n) is 9.80. The van der Waals surface area contributed by atoms with Crippen molar-refractivity contribution in [3.05, 3.63) is 24.0 Å². The number of hydrogen-bond acceptors (Lipinski definition) is 7. The van der Waals surface area contributed by atoms with Gasteiger partial charge in [-0.2, -0.15) is 4.31 Å². The van der Waals surface area contributed by atoms with E-state index in [0.717, 1.165) is 5.52 Å². The number of hydrogen-bond donors (Lipinski definition) is 1. The third kappa shape index (κ3) is 4.63. The molecule has 0 aliphatic carbocycles. The van der Waals surface area contributed by atoms with Crippen LogP contribution in [0.2, 0.25) is 0 Å². The third-order valence-electron chi connectivity index (χ3n) is 4.98. The predicted molar refractivity (Wildman–Crippen MR) is 108 cm³/mol. The summed E-state index contributed by atoms with van der Waals surface area (Å²) in [7, 11) is -3.62. The van der Waals surface area contributed by atoms with Gasteiger partial charge in [0.2, 0.25) is 10.0 Å². The molecule has 2 heterocycles. The SMILES string of the molecule is CCn1c(CCC(=O)O[C@H](C)C(N)=O)nc2cc(S(=O)(=O)N3CCOCC3)ccc21. The number of morpholine rings is 1. The number of fused-ring (bicyclic) bond motifs is 1. The molecule has 2 aromatic rings. The van der Waals surface area contributed by atoms with Gasteiger partial charge in [-0.15, -0.1) is 0 Å². The monoisotopic (exact) mass is 438 g/mol. The van der Waals surface area contributed by atoms with E-state index in [2.05, 4.69) is 4.98 Å². The minimum atomic E-state index is -3.62. The summed E-state index contributed by atoms with van der Waals surface area (Å²) in [6.07, 6.45) is -0.673. The van der Waals surface area contributed by atoms with Crippen LogP contribution in [-0.4, -0.2) is 66.6 Å². The molecule has 10 nitrogen and oxygen atoms in total. The van der Waals surface area contributed by atoms with Crippen molar-refractivity contribution < 1.29 is 27.5 Å². The highest BCUT2D eigenvalue weighted by Gasteiger charge is 2.27. The fraction of sp³-hybridized carbons (Fsp3) is 0.526. The topological polar surface area (TPSA) is 134 Å². The largest absolute Gasteiger partial charge is 0.453 e. The standard InChI is InChI=1S/C19H26N4O6S/c1-3-23-16-5-4-14(30(26,27)22-8-10-28-11-9-22)12-15(16)21-17(23)6-7-18(24)29-13(2)19(20)25/h4-5,12-13H,3,6-11H2,1-2H3,(H2,20,25)/t13-/m1/s1. The van der Waals surface area contributed by atoms with E-state index in [-0.39, 0.29) is 11.3 Å². The quantitative estimate of drug-likeness (QED) is 0.591. The van der Waals surface area contributed by atoms with Crippen LogP contribution in [0, 0.1) is 0 Å². The number of ether oxygens (including phenoxy) is 2. The molecule has 1 saturated heterocycles. The van der Waals surface area contributed by atoms with Crippen LogP contribution in [0.3, 0.4) is 0 Å². The molecule has 1 atom stereocenters. The molecule has 0 unspecified atom stereocenters. The summed E-state index contributed by atoms with van der Waals surface area (Å²) < 4.78 is 39.3. The Hall–Kier alpha value is -2.50. The second-order valence-electron chi connectivity index (χ2n) is 6.97. The average molecular weight is 439 g/mol. The highest BCUT2D eigenvalue weighted by Crippen LogP contribution is 2.24. The maximum absolute atomic E-state index is 12.9. The highest BCUT2D eigenvalue weighted by atomic mass is 32.2. The van der Waals surface area contributed by atoms with Crippen LogP contribution >= 0.6 is 0 Å². The number of carbonyl (C=O) groups excluding carboxylic acids is 2. The van der Waals surface area contributed by atoms with E-state index < -0.39 is 28.0 Å². The van der Waals surface area contributed by atoms with Gasteiger partial charge in [0.05, 0.1) is 35.6 Å². The minimum absolute atomic E-state index is 0.0277. The van der Waals surface area contributed by atoms with Gasteiger partial charge in [0.25, 0.3) is 5.91 Å². The summed E-state index contributed by atoms with van der Waals surface area (Å²) in [6.45, 7) is 5.35. The van der Waals surface area contributed by atoms with Gasteiger partial charge in [-0.05, 0) is 32.0 Å². The lowest BCUT2D eigenvalue weighted by Crippen LogP contribution is -2.40. The van der Waals surface area contributed by atoms with Crippen LogP contribution in [0.5, 0.6) is 0 Å². The number of imidazole rings is 1. The Morgan fingerprint density at radius 3 is 2.63 bits per heavy atom. The second-order valence-corrected chi connectivity index (χ2v) is 8.91. The number of primary amides is 1. The molecule has 1 aliphatic rings. The number of rotatable bonds is 8. The zero-order valence-corrected chi connectivity index (χ0v) is 17.9. The summed E-state index contributed by atoms with van der Waals surface area (Å²) in [5, 5.41) is 0. The van der Waals surface area contributed by atoms with Crippen molar-refractivity contribution >= 4 is 32.9 Å². The fourth-order valence-corrected chi connectivity index (χ4v) is 4.76. The molecule has 1 aromatic carbocycles. The molecular weight excluding hydrogens is 412 g/mol. The molecule has 2 N–H and O–H groups in total. The zero-order chi connectivity index (χ0) is 21.9. The Kier molecular flexibility index (Phi) is 6.74. The normalized spacial score (nSPS) is 16.5. The molecule has 30 heavy (non-hydrogen) atoms. The van der Waals surface area contributed by atoms with E-state index >= 15 is 0 Å². The number of nitrogens with two attached hydrogens (primary N) is 1. The van der Waals surface area contributed by atoms with E-state index in [1.807, 2.05) is 11.5 Å². The van der Waals surface area contributed by atoms with Crippen molar-refractivity contribution in [2.24, 2.45) is 5.73 Å². The van der Waals surface area contributed by atoms with Crippen molar-refractivity contribution in [1.29, 1.82) is 0 Å². The number of sulfonamides is 1. The van der Waals surface area contributed by atoms with Gasteiger partial charge in [-0.1, -0.05) is 0 Å². The van der Waals surface area contributed by atoms with Crippen molar-refractivity contribution in [2.75, 3.05) is 26.3 Å². The summed E-state index contributed by atoms with van der Waals surface area (Å²) in [6, 6.07) is 4.87. The number of nitrogens with zero attached hydrogens (tertiary/aromatic N) is 3. The lowest BCUT2D eigenvalue weighted by atomic mass is 10.3. The Morgan fingerprint density at radius 2 is 2.00 bits per heavy atom. The van der Waals surface area contributed by atoms with E-state index in [4.69, 9.17) is 15.2 Å². The van der Waals surface area contributed by atoms with Crippen molar-refractivity contribution in [1.82, 2.24) is 13.9 Å². The molecule has 164 valence electrons. The number of amides is 1. The smallest absolute Gasteiger partial charge is 0.307 e. The van der Waals surface area contributed by atoms with Crippen LogP contribution in [0.15, 0.2) is 23.1 Å². The van der Waals surface area contributed by atoms with Crippen molar-refractivity contribution in [3.63, 3.8) is 0 Å². The lowest BCUT2D eigenvalue weighted by molar-refractivity contribution is -0.153. The first-order chi connectivity index (χ1) is 14.2. The number of benzene rings is 1. The zero-order valence-electron chi connectivity index (χ0n) is 17.0. The Morgan fingerprint density at radius 1 is 1.30 bits per heavy atom. The first kappa shape index (κ1) is 22.2. The second kappa shape index (κ2) is 9.11. The number of aryl methyl sites for hydroxylation is 2. The highest BCUT2D eigenvalue weighted by molar-refractivity contribution is 7.89. The molecule has 1 fully saturated rings. The van der Waals surface area contributed by atoms with Crippen molar-refractivity contribution in [3.8, 4) is 0 Å². The van der Waals surface area contributed by atoms with E-state index in [1.54, 1.807) is 18.2 Å². The summed E-state index contributed by atoms with van der Waals surface area (Å²) in [5.41, 5.74) is 6.43. The van der Waals surface area contributed by atoms with Crippen LogP contribution in [0.1, 0.15) is 26.1 Å². The van der Waals surface area contributed by atoms with Crippen LogP contribution in [-0.2, 0) is 42.1 Å². The average Bonchev–Trinajstić information content (AvgIpc) is 3.09. The molecule has 1 amide bonds. The van der Waals surface area contributed by atoms with Crippen molar-refractivity contribution in [2.45, 2.75) is 44.2 Å². The van der Waals surface area contributed by atoms with Gasteiger partial charge in [0.15, 0.2) is 6.10 Å². The van der Waals surface area contributed by atoms with Gasteiger partial charge in [0.1, 0.15) is 5.82 Å². The van der Waals surface area contributed by atoms with Gasteiger partial charge < -0.3 is 19.8 Å². The molecule has 0 radical (unpaired) electrons. The fourth-order valence-electron chi connectivity index (χ4n) is 3.33. The van der Waals surface area contributed by atoms with Gasteiger partial charge >= 0.3 is 5.97 Å². The van der Waals surface area contributed by atoms with Crippen LogP contribution in [0.4, 0.5) is 0 Å². The summed E-state index contributed by atoms with van der Waals surface area (Å²) in [5.74, 6) is -0.623. The van der Waals surface area contributed by atoms with E-state index in [1.165, 1.54) is 11.2 Å². The molecule has 11 heteroatoms. The number of aromatic nitrogens is 2. The maximum Gasteiger partial charge on any atom is 0.307 e.